The van der Waals surface area contributed by atoms with Crippen molar-refractivity contribution in [3.8, 4) is 17.2 Å². The van der Waals surface area contributed by atoms with E-state index in [0.717, 1.165) is 16.8 Å². The lowest BCUT2D eigenvalue weighted by Crippen LogP contribution is -2.42. The molecule has 3 heterocycles. The van der Waals surface area contributed by atoms with E-state index in [4.69, 9.17) is 25.8 Å². The summed E-state index contributed by atoms with van der Waals surface area (Å²) in [6, 6.07) is 18.4. The molecule has 7 heteroatoms. The van der Waals surface area contributed by atoms with Crippen LogP contribution in [0.2, 0.25) is 0 Å². The Morgan fingerprint density at radius 2 is 1.68 bits per heavy atom. The van der Waals surface area contributed by atoms with Gasteiger partial charge < -0.3 is 19.1 Å². The molecule has 0 bridgehead atoms. The van der Waals surface area contributed by atoms with Gasteiger partial charge in [0.05, 0.1) is 6.54 Å². The molecule has 31 heavy (non-hydrogen) atoms. The van der Waals surface area contributed by atoms with E-state index in [1.54, 1.807) is 23.1 Å². The zero-order chi connectivity index (χ0) is 21.2. The van der Waals surface area contributed by atoms with Crippen LogP contribution in [0.1, 0.15) is 27.0 Å². The number of halogens is 1. The Balaban J connectivity index is 1.50. The molecule has 1 unspecified atom stereocenters. The summed E-state index contributed by atoms with van der Waals surface area (Å²) >= 11 is 5.78. The van der Waals surface area contributed by atoms with Crippen LogP contribution in [0.4, 0.5) is 5.69 Å². The number of ether oxygens (including phenoxy) is 3. The van der Waals surface area contributed by atoms with E-state index < -0.39 is 10.7 Å². The molecule has 1 amide bonds. The first kappa shape index (κ1) is 18.3. The summed E-state index contributed by atoms with van der Waals surface area (Å²) in [4.78, 5) is 27.6. The molecule has 6 nitrogen and oxygen atoms in total. The summed E-state index contributed by atoms with van der Waals surface area (Å²) in [6.45, 7) is 0.560. The summed E-state index contributed by atoms with van der Waals surface area (Å²) < 4.78 is 17.0. The van der Waals surface area contributed by atoms with Gasteiger partial charge in [0.2, 0.25) is 12.7 Å². The topological polar surface area (TPSA) is 65.1 Å². The average Bonchev–Trinajstić information content (AvgIpc) is 3.45. The second-order valence-corrected chi connectivity index (χ2v) is 8.08. The van der Waals surface area contributed by atoms with E-state index in [0.29, 0.717) is 28.4 Å². The van der Waals surface area contributed by atoms with Crippen LogP contribution >= 0.6 is 11.6 Å². The lowest BCUT2D eigenvalue weighted by atomic mass is 9.77. The monoisotopic (exact) mass is 433 g/mol. The van der Waals surface area contributed by atoms with Gasteiger partial charge >= 0.3 is 0 Å². The van der Waals surface area contributed by atoms with Crippen LogP contribution in [0.3, 0.4) is 0 Å². The van der Waals surface area contributed by atoms with Gasteiger partial charge in [-0.15, -0.1) is 0 Å². The first-order valence-corrected chi connectivity index (χ1v) is 10.2. The first-order valence-electron chi connectivity index (χ1n) is 9.86. The summed E-state index contributed by atoms with van der Waals surface area (Å²) in [6.07, 6.45) is 0. The smallest absolute Gasteiger partial charge is 0.252 e. The summed E-state index contributed by atoms with van der Waals surface area (Å²) in [7, 11) is 0. The molecule has 0 saturated heterocycles. The summed E-state index contributed by atoms with van der Waals surface area (Å²) in [5, 5.41) is -0.549. The number of hydrogen-bond donors (Lipinski definition) is 0. The number of hydrogen-bond acceptors (Lipinski definition) is 5. The van der Waals surface area contributed by atoms with Crippen LogP contribution in [0, 0.1) is 0 Å². The zero-order valence-electron chi connectivity index (χ0n) is 16.3. The molecule has 3 aliphatic heterocycles. The maximum absolute atomic E-state index is 14.0. The van der Waals surface area contributed by atoms with Crippen LogP contribution in [-0.2, 0) is 16.8 Å². The fraction of sp³-hybridized carbons (Fsp3) is 0.167. The highest BCUT2D eigenvalue weighted by Crippen LogP contribution is 2.55. The lowest BCUT2D eigenvalue weighted by molar-refractivity contribution is -0.122. The van der Waals surface area contributed by atoms with Crippen LogP contribution in [0.15, 0.2) is 60.7 Å². The van der Waals surface area contributed by atoms with E-state index in [2.05, 4.69) is 0 Å². The Morgan fingerprint density at radius 1 is 0.935 bits per heavy atom. The van der Waals surface area contributed by atoms with Gasteiger partial charge in [-0.05, 0) is 40.9 Å². The number of carbonyl (C=O) groups is 2. The van der Waals surface area contributed by atoms with Crippen LogP contribution in [-0.4, -0.2) is 24.5 Å². The normalized spacial score (nSPS) is 20.0. The molecule has 154 valence electrons. The predicted molar refractivity (Wildman–Crippen MR) is 113 cm³/mol. The quantitative estimate of drug-likeness (QED) is 0.584. The third kappa shape index (κ3) is 2.45. The Kier molecular flexibility index (Phi) is 3.83. The molecule has 0 radical (unpaired) electrons. The summed E-state index contributed by atoms with van der Waals surface area (Å²) in [5.41, 5.74) is 2.52. The molecule has 0 N–H and O–H groups in total. The van der Waals surface area contributed by atoms with Gasteiger partial charge in [0, 0.05) is 22.9 Å². The van der Waals surface area contributed by atoms with Crippen molar-refractivity contribution in [1.29, 1.82) is 0 Å². The first-order chi connectivity index (χ1) is 15.1. The minimum Gasteiger partial charge on any atom is -0.491 e. The second kappa shape index (κ2) is 6.49. The third-order valence-corrected chi connectivity index (χ3v) is 6.40. The van der Waals surface area contributed by atoms with Crippen molar-refractivity contribution in [3.63, 3.8) is 0 Å². The lowest BCUT2D eigenvalue weighted by Gasteiger charge is -2.23. The molecule has 3 aliphatic rings. The number of fused-ring (bicyclic) bond motifs is 5. The van der Waals surface area contributed by atoms with Gasteiger partial charge in [0.25, 0.3) is 5.24 Å². The fourth-order valence-electron chi connectivity index (χ4n) is 4.74. The Morgan fingerprint density at radius 3 is 2.52 bits per heavy atom. The minimum absolute atomic E-state index is 0.108. The predicted octanol–water partition coefficient (Wildman–Crippen LogP) is 4.02. The summed E-state index contributed by atoms with van der Waals surface area (Å²) in [5.74, 6) is 1.72. The van der Waals surface area contributed by atoms with Crippen molar-refractivity contribution in [3.05, 3.63) is 82.9 Å². The van der Waals surface area contributed by atoms with Gasteiger partial charge in [-0.1, -0.05) is 36.4 Å². The standard InChI is InChI=1S/C24H16ClNO5/c25-22(27)15-6-2-1-5-14(15)11-26-18-8-4-3-7-16(18)24(23(26)28)12-29-19-10-21-20(9-17(19)24)30-13-31-21/h1-10H,11-13H2. The van der Waals surface area contributed by atoms with Crippen LogP contribution in [0.25, 0.3) is 0 Å². The Bertz CT molecular complexity index is 1270. The highest BCUT2D eigenvalue weighted by molar-refractivity contribution is 6.67. The van der Waals surface area contributed by atoms with E-state index in [1.165, 1.54) is 0 Å². The number of amides is 1. The number of carbonyl (C=O) groups excluding carboxylic acids is 2. The van der Waals surface area contributed by atoms with Crippen LogP contribution < -0.4 is 19.1 Å². The number of benzene rings is 3. The van der Waals surface area contributed by atoms with Crippen molar-refractivity contribution in [2.24, 2.45) is 0 Å². The minimum atomic E-state index is -0.979. The Labute approximate surface area is 182 Å². The van der Waals surface area contributed by atoms with E-state index >= 15 is 0 Å². The average molecular weight is 434 g/mol. The zero-order valence-corrected chi connectivity index (χ0v) is 17.0. The molecule has 1 spiro atoms. The molecule has 0 fully saturated rings. The van der Waals surface area contributed by atoms with Crippen molar-refractivity contribution in [1.82, 2.24) is 0 Å². The fourth-order valence-corrected chi connectivity index (χ4v) is 4.93. The van der Waals surface area contributed by atoms with E-state index in [1.807, 2.05) is 42.5 Å². The molecular formula is C24H16ClNO5. The van der Waals surface area contributed by atoms with E-state index in [9.17, 15) is 9.59 Å². The SMILES string of the molecule is O=C(Cl)c1ccccc1CN1C(=O)C2(COc3cc4c(cc32)OCO4)c2ccccc21. The number of rotatable bonds is 3. The molecular weight excluding hydrogens is 418 g/mol. The third-order valence-electron chi connectivity index (χ3n) is 6.20. The maximum Gasteiger partial charge on any atom is 0.252 e. The number of nitrogens with zero attached hydrogens (tertiary/aromatic N) is 1. The van der Waals surface area contributed by atoms with Crippen molar-refractivity contribution in [2.75, 3.05) is 18.3 Å². The van der Waals surface area contributed by atoms with Gasteiger partial charge in [-0.2, -0.15) is 0 Å². The molecule has 3 aromatic carbocycles. The van der Waals surface area contributed by atoms with Crippen molar-refractivity contribution in [2.45, 2.75) is 12.0 Å². The molecule has 6 rings (SSSR count). The Hall–Kier alpha value is -3.51. The number of para-hydroxylation sites is 1. The molecule has 0 saturated carbocycles. The van der Waals surface area contributed by atoms with Crippen LogP contribution in [0.5, 0.6) is 17.2 Å². The van der Waals surface area contributed by atoms with E-state index in [-0.39, 0.29) is 25.9 Å². The van der Waals surface area contributed by atoms with Crippen molar-refractivity contribution < 1.29 is 23.8 Å². The molecule has 0 aromatic heterocycles. The molecule has 3 aromatic rings. The molecule has 0 aliphatic carbocycles. The van der Waals surface area contributed by atoms with Gasteiger partial charge in [-0.3, -0.25) is 9.59 Å². The van der Waals surface area contributed by atoms with Gasteiger partial charge in [-0.25, -0.2) is 0 Å². The number of anilines is 1. The molecule has 1 atom stereocenters. The highest BCUT2D eigenvalue weighted by Gasteiger charge is 2.57. The van der Waals surface area contributed by atoms with Crippen molar-refractivity contribution >= 4 is 28.4 Å². The maximum atomic E-state index is 14.0. The van der Waals surface area contributed by atoms with Gasteiger partial charge in [0.15, 0.2) is 11.5 Å². The van der Waals surface area contributed by atoms with Gasteiger partial charge in [0.1, 0.15) is 17.8 Å². The largest absolute Gasteiger partial charge is 0.491 e. The highest BCUT2D eigenvalue weighted by atomic mass is 35.5. The second-order valence-electron chi connectivity index (χ2n) is 7.73.